The van der Waals surface area contributed by atoms with E-state index in [4.69, 9.17) is 6.42 Å². The molecule has 6 heteroatoms. The Morgan fingerprint density at radius 3 is 2.87 bits per heavy atom. The van der Waals surface area contributed by atoms with Crippen molar-refractivity contribution in [3.05, 3.63) is 23.8 Å². The lowest BCUT2D eigenvalue weighted by atomic mass is 10.0. The van der Waals surface area contributed by atoms with Crippen LogP contribution in [0.25, 0.3) is 0 Å². The summed E-state index contributed by atoms with van der Waals surface area (Å²) in [5.74, 6) is 2.45. The highest BCUT2D eigenvalue weighted by molar-refractivity contribution is 5.95. The molecule has 23 heavy (non-hydrogen) atoms. The topological polar surface area (TPSA) is 74.1 Å². The maximum Gasteiger partial charge on any atom is 0.228 e. The molecule has 0 spiro atoms. The van der Waals surface area contributed by atoms with Crippen LogP contribution >= 0.6 is 0 Å². The predicted octanol–water partition coefficient (Wildman–Crippen LogP) is 2.50. The van der Waals surface area contributed by atoms with E-state index in [1.807, 2.05) is 18.2 Å². The first kappa shape index (κ1) is 15.2. The molecular formula is C17H18N4O2. The SMILES string of the molecule is C#CCCC1(CC(=O)Nc2ccc3c(c2)CCN3C(C)=O)N=N1. The summed E-state index contributed by atoms with van der Waals surface area (Å²) in [6.07, 6.45) is 7.42. The molecule has 0 saturated carbocycles. The normalized spacial score (nSPS) is 16.6. The summed E-state index contributed by atoms with van der Waals surface area (Å²) in [4.78, 5) is 25.4. The van der Waals surface area contributed by atoms with Crippen LogP contribution in [0.1, 0.15) is 31.7 Å². The number of amides is 2. The van der Waals surface area contributed by atoms with Gasteiger partial charge < -0.3 is 10.2 Å². The Labute approximate surface area is 135 Å². The molecule has 1 aromatic rings. The van der Waals surface area contributed by atoms with Crippen LogP contribution in [0, 0.1) is 12.3 Å². The Balaban J connectivity index is 1.62. The third kappa shape index (κ3) is 3.24. The Morgan fingerprint density at radius 1 is 1.43 bits per heavy atom. The van der Waals surface area contributed by atoms with Crippen LogP contribution in [-0.2, 0) is 16.0 Å². The van der Waals surface area contributed by atoms with Gasteiger partial charge in [-0.3, -0.25) is 9.59 Å². The van der Waals surface area contributed by atoms with E-state index in [1.165, 1.54) is 0 Å². The van der Waals surface area contributed by atoms with Gasteiger partial charge in [-0.2, -0.15) is 10.2 Å². The van der Waals surface area contributed by atoms with E-state index in [0.717, 1.165) is 23.4 Å². The number of fused-ring (bicyclic) bond motifs is 1. The fourth-order valence-corrected chi connectivity index (χ4v) is 2.87. The van der Waals surface area contributed by atoms with Crippen LogP contribution in [-0.4, -0.2) is 24.0 Å². The Morgan fingerprint density at radius 2 is 2.22 bits per heavy atom. The van der Waals surface area contributed by atoms with E-state index in [0.29, 0.717) is 19.4 Å². The van der Waals surface area contributed by atoms with Crippen LogP contribution in [0.2, 0.25) is 0 Å². The lowest BCUT2D eigenvalue weighted by Gasteiger charge is -2.15. The standard InChI is InChI=1S/C17H18N4O2/c1-3-4-8-17(19-20-17)11-16(23)18-14-5-6-15-13(10-14)7-9-21(15)12(2)22/h1,5-6,10H,4,7-9,11H2,2H3,(H,18,23). The van der Waals surface area contributed by atoms with Crippen molar-refractivity contribution in [2.45, 2.75) is 38.3 Å². The largest absolute Gasteiger partial charge is 0.326 e. The van der Waals surface area contributed by atoms with Gasteiger partial charge in [-0.1, -0.05) is 0 Å². The van der Waals surface area contributed by atoms with Crippen molar-refractivity contribution >= 4 is 23.2 Å². The zero-order chi connectivity index (χ0) is 16.4. The Hall–Kier alpha value is -2.68. The minimum atomic E-state index is -0.612. The number of hydrogen-bond acceptors (Lipinski definition) is 4. The van der Waals surface area contributed by atoms with Gasteiger partial charge in [0.1, 0.15) is 0 Å². The molecule has 2 aliphatic heterocycles. The number of benzene rings is 1. The number of carbonyl (C=O) groups excluding carboxylic acids is 2. The number of nitrogens with zero attached hydrogens (tertiary/aromatic N) is 3. The highest BCUT2D eigenvalue weighted by atomic mass is 16.2. The summed E-state index contributed by atoms with van der Waals surface area (Å²) in [7, 11) is 0. The highest BCUT2D eigenvalue weighted by Crippen LogP contribution is 2.37. The molecule has 6 nitrogen and oxygen atoms in total. The van der Waals surface area contributed by atoms with Gasteiger partial charge in [0.15, 0.2) is 0 Å². The maximum absolute atomic E-state index is 12.2. The molecule has 0 unspecified atom stereocenters. The number of nitrogens with one attached hydrogen (secondary N) is 1. The zero-order valence-corrected chi connectivity index (χ0v) is 13.0. The second-order valence-electron chi connectivity index (χ2n) is 5.88. The molecule has 0 bridgehead atoms. The number of carbonyl (C=O) groups is 2. The van der Waals surface area contributed by atoms with E-state index in [-0.39, 0.29) is 18.2 Å². The van der Waals surface area contributed by atoms with E-state index < -0.39 is 5.66 Å². The summed E-state index contributed by atoms with van der Waals surface area (Å²) >= 11 is 0. The molecule has 118 valence electrons. The van der Waals surface area contributed by atoms with Gasteiger partial charge in [-0.05, 0) is 30.2 Å². The number of hydrogen-bond donors (Lipinski definition) is 1. The van der Waals surface area contributed by atoms with Crippen molar-refractivity contribution in [3.8, 4) is 12.3 Å². The average Bonchev–Trinajstić information content (AvgIpc) is 3.12. The number of rotatable bonds is 5. The van der Waals surface area contributed by atoms with Crippen LogP contribution in [0.3, 0.4) is 0 Å². The van der Waals surface area contributed by atoms with E-state index in [2.05, 4.69) is 21.5 Å². The molecule has 2 amide bonds. The Kier molecular flexibility index (Phi) is 3.87. The molecular weight excluding hydrogens is 292 g/mol. The third-order valence-electron chi connectivity index (χ3n) is 4.14. The average molecular weight is 310 g/mol. The molecule has 1 N–H and O–H groups in total. The van der Waals surface area contributed by atoms with Gasteiger partial charge >= 0.3 is 0 Å². The van der Waals surface area contributed by atoms with Crippen molar-refractivity contribution in [2.75, 3.05) is 16.8 Å². The molecule has 0 radical (unpaired) electrons. The smallest absolute Gasteiger partial charge is 0.228 e. The van der Waals surface area contributed by atoms with Crippen LogP contribution in [0.15, 0.2) is 28.4 Å². The summed E-state index contributed by atoms with van der Waals surface area (Å²) in [6, 6.07) is 5.61. The third-order valence-corrected chi connectivity index (χ3v) is 4.14. The van der Waals surface area contributed by atoms with Crippen molar-refractivity contribution in [1.82, 2.24) is 0 Å². The molecule has 0 saturated heterocycles. The molecule has 3 rings (SSSR count). The van der Waals surface area contributed by atoms with Gasteiger partial charge in [0.2, 0.25) is 17.5 Å². The maximum atomic E-state index is 12.2. The van der Waals surface area contributed by atoms with E-state index in [1.54, 1.807) is 11.8 Å². The molecule has 2 heterocycles. The van der Waals surface area contributed by atoms with Gasteiger partial charge in [-0.15, -0.1) is 12.3 Å². The van der Waals surface area contributed by atoms with Gasteiger partial charge in [0.25, 0.3) is 0 Å². The van der Waals surface area contributed by atoms with Crippen molar-refractivity contribution in [3.63, 3.8) is 0 Å². The predicted molar refractivity (Wildman–Crippen MR) is 87.1 cm³/mol. The fourth-order valence-electron chi connectivity index (χ4n) is 2.87. The molecule has 0 aliphatic carbocycles. The summed E-state index contributed by atoms with van der Waals surface area (Å²) in [6.45, 7) is 2.25. The second-order valence-corrected chi connectivity index (χ2v) is 5.88. The first-order valence-electron chi connectivity index (χ1n) is 7.61. The van der Waals surface area contributed by atoms with Crippen LogP contribution in [0.5, 0.6) is 0 Å². The quantitative estimate of drug-likeness (QED) is 0.849. The molecule has 0 aromatic heterocycles. The highest BCUT2D eigenvalue weighted by Gasteiger charge is 2.41. The molecule has 1 aromatic carbocycles. The first-order chi connectivity index (χ1) is 11.0. The Bertz CT molecular complexity index is 727. The molecule has 0 fully saturated rings. The van der Waals surface area contributed by atoms with Gasteiger partial charge in [0.05, 0.1) is 6.42 Å². The minimum absolute atomic E-state index is 0.0351. The van der Waals surface area contributed by atoms with E-state index in [9.17, 15) is 9.59 Å². The van der Waals surface area contributed by atoms with Crippen LogP contribution in [0.4, 0.5) is 11.4 Å². The number of terminal acetylenes is 1. The number of anilines is 2. The first-order valence-corrected chi connectivity index (χ1v) is 7.61. The summed E-state index contributed by atoms with van der Waals surface area (Å²) in [5.41, 5.74) is 2.11. The molecule has 2 aliphatic rings. The fraction of sp³-hybridized carbons (Fsp3) is 0.412. The molecule has 0 atom stereocenters. The minimum Gasteiger partial charge on any atom is -0.326 e. The monoisotopic (exact) mass is 310 g/mol. The summed E-state index contributed by atoms with van der Waals surface area (Å²) < 4.78 is 0. The lowest BCUT2D eigenvalue weighted by molar-refractivity contribution is -0.117. The van der Waals surface area contributed by atoms with Crippen molar-refractivity contribution < 1.29 is 9.59 Å². The van der Waals surface area contributed by atoms with Crippen molar-refractivity contribution in [2.24, 2.45) is 10.2 Å². The van der Waals surface area contributed by atoms with Crippen molar-refractivity contribution in [1.29, 1.82) is 0 Å². The van der Waals surface area contributed by atoms with E-state index >= 15 is 0 Å². The van der Waals surface area contributed by atoms with Gasteiger partial charge in [-0.25, -0.2) is 0 Å². The van der Waals surface area contributed by atoms with Gasteiger partial charge in [0, 0.05) is 37.7 Å². The lowest BCUT2D eigenvalue weighted by Crippen LogP contribution is -2.25. The second kappa shape index (κ2) is 5.84. The van der Waals surface area contributed by atoms with Crippen LogP contribution < -0.4 is 10.2 Å². The zero-order valence-electron chi connectivity index (χ0n) is 13.0. The summed E-state index contributed by atoms with van der Waals surface area (Å²) in [5, 5.41) is 10.8.